The van der Waals surface area contributed by atoms with Crippen molar-refractivity contribution in [2.24, 2.45) is 0 Å². The van der Waals surface area contributed by atoms with Gasteiger partial charge in [0.25, 0.3) is 0 Å². The average Bonchev–Trinajstić information content (AvgIpc) is 2.74. The maximum atomic E-state index is 13.6. The van der Waals surface area contributed by atoms with Crippen molar-refractivity contribution in [2.45, 2.75) is 13.0 Å². The highest BCUT2D eigenvalue weighted by molar-refractivity contribution is 5.64. The van der Waals surface area contributed by atoms with Gasteiger partial charge >= 0.3 is 0 Å². The smallest absolute Gasteiger partial charge is 0.151 e. The molecular weight excluding hydrogens is 207 g/mol. The number of hydrogen-bond donors (Lipinski definition) is 1. The minimum Gasteiger partial charge on any atom is -0.360 e. The summed E-state index contributed by atoms with van der Waals surface area (Å²) in [5.74, 6) is 0.657. The summed E-state index contributed by atoms with van der Waals surface area (Å²) >= 11 is 0. The molecule has 82 valence electrons. The van der Waals surface area contributed by atoms with Gasteiger partial charge in [-0.3, -0.25) is 0 Å². The molecule has 0 fully saturated rings. The second-order valence-corrected chi connectivity index (χ2v) is 3.94. The third-order valence-corrected chi connectivity index (χ3v) is 2.92. The quantitative estimate of drug-likeness (QED) is 0.780. The number of aromatic nitrogens is 1. The van der Waals surface area contributed by atoms with E-state index in [2.05, 4.69) is 10.5 Å². The fourth-order valence-electron chi connectivity index (χ4n) is 2.09. The van der Waals surface area contributed by atoms with Crippen molar-refractivity contribution >= 4 is 0 Å². The minimum absolute atomic E-state index is 0.246. The molecule has 0 radical (unpaired) electrons. The van der Waals surface area contributed by atoms with Gasteiger partial charge in [-0.2, -0.15) is 0 Å². The molecule has 0 amide bonds. The second-order valence-electron chi connectivity index (χ2n) is 3.94. The largest absolute Gasteiger partial charge is 0.360 e. The standard InChI is InChI=1S/C12H11FN2O/c13-10-4-2-1-3-8(10)12-9-7-14-6-5-11(9)16-15-12/h1-4,14H,5-7H2/p+1. The van der Waals surface area contributed by atoms with Crippen molar-refractivity contribution in [2.75, 3.05) is 6.54 Å². The normalized spacial score (nSPS) is 14.8. The highest BCUT2D eigenvalue weighted by Gasteiger charge is 2.23. The van der Waals surface area contributed by atoms with Crippen LogP contribution in [0.1, 0.15) is 11.3 Å². The van der Waals surface area contributed by atoms with Gasteiger partial charge in [0.15, 0.2) is 5.76 Å². The van der Waals surface area contributed by atoms with Crippen LogP contribution in [0.15, 0.2) is 28.8 Å². The van der Waals surface area contributed by atoms with Crippen molar-refractivity contribution in [3.05, 3.63) is 41.4 Å². The molecule has 1 aliphatic rings. The molecule has 1 aromatic heterocycles. The molecule has 2 aromatic rings. The summed E-state index contributed by atoms with van der Waals surface area (Å²) in [6.07, 6.45) is 0.872. The molecular formula is C12H12FN2O+. The van der Waals surface area contributed by atoms with Gasteiger partial charge in [-0.1, -0.05) is 17.3 Å². The Hall–Kier alpha value is -1.68. The summed E-state index contributed by atoms with van der Waals surface area (Å²) in [6, 6.07) is 6.68. The van der Waals surface area contributed by atoms with Gasteiger partial charge in [0, 0.05) is 5.56 Å². The van der Waals surface area contributed by atoms with Crippen LogP contribution in [0.25, 0.3) is 11.3 Å². The second kappa shape index (κ2) is 3.72. The monoisotopic (exact) mass is 219 g/mol. The van der Waals surface area contributed by atoms with Gasteiger partial charge in [-0.15, -0.1) is 0 Å². The van der Waals surface area contributed by atoms with Crippen molar-refractivity contribution in [1.82, 2.24) is 5.16 Å². The predicted octanol–water partition coefficient (Wildman–Crippen LogP) is 1.10. The predicted molar refractivity (Wildman–Crippen MR) is 56.1 cm³/mol. The highest BCUT2D eigenvalue weighted by Crippen LogP contribution is 2.27. The lowest BCUT2D eigenvalue weighted by Gasteiger charge is -2.08. The van der Waals surface area contributed by atoms with E-state index in [1.54, 1.807) is 12.1 Å². The molecule has 4 heteroatoms. The van der Waals surface area contributed by atoms with E-state index in [1.807, 2.05) is 6.07 Å². The summed E-state index contributed by atoms with van der Waals surface area (Å²) in [4.78, 5) is 0. The molecule has 0 unspecified atom stereocenters. The Morgan fingerprint density at radius 3 is 3.06 bits per heavy atom. The van der Waals surface area contributed by atoms with Crippen LogP contribution in [-0.2, 0) is 13.0 Å². The zero-order valence-corrected chi connectivity index (χ0v) is 8.74. The molecule has 16 heavy (non-hydrogen) atoms. The summed E-state index contributed by atoms with van der Waals surface area (Å²) in [7, 11) is 0. The molecule has 0 atom stereocenters. The van der Waals surface area contributed by atoms with E-state index >= 15 is 0 Å². The summed E-state index contributed by atoms with van der Waals surface area (Å²) in [5, 5.41) is 6.18. The number of quaternary nitrogens is 1. The Morgan fingerprint density at radius 2 is 2.19 bits per heavy atom. The van der Waals surface area contributed by atoms with Gasteiger partial charge in [0.05, 0.1) is 18.5 Å². The lowest BCUT2D eigenvalue weighted by molar-refractivity contribution is -0.673. The van der Waals surface area contributed by atoms with Gasteiger partial charge in [0.2, 0.25) is 0 Å². The molecule has 0 bridgehead atoms. The maximum absolute atomic E-state index is 13.6. The Kier molecular flexibility index (Phi) is 2.22. The molecule has 0 saturated heterocycles. The van der Waals surface area contributed by atoms with E-state index in [0.29, 0.717) is 11.3 Å². The van der Waals surface area contributed by atoms with E-state index in [4.69, 9.17) is 4.52 Å². The van der Waals surface area contributed by atoms with E-state index < -0.39 is 0 Å². The number of nitrogens with zero attached hydrogens (tertiary/aromatic N) is 1. The highest BCUT2D eigenvalue weighted by atomic mass is 19.1. The average molecular weight is 219 g/mol. The third kappa shape index (κ3) is 1.42. The van der Waals surface area contributed by atoms with Crippen molar-refractivity contribution in [3.63, 3.8) is 0 Å². The topological polar surface area (TPSA) is 42.6 Å². The first-order valence-electron chi connectivity index (χ1n) is 5.40. The Morgan fingerprint density at radius 1 is 1.31 bits per heavy atom. The maximum Gasteiger partial charge on any atom is 0.151 e. The number of rotatable bonds is 1. The van der Waals surface area contributed by atoms with Crippen LogP contribution in [0, 0.1) is 5.82 Å². The summed E-state index contributed by atoms with van der Waals surface area (Å²) in [6.45, 7) is 1.83. The van der Waals surface area contributed by atoms with Crippen LogP contribution in [0.2, 0.25) is 0 Å². The third-order valence-electron chi connectivity index (χ3n) is 2.92. The number of hydrogen-bond acceptors (Lipinski definition) is 2. The molecule has 1 aromatic carbocycles. The molecule has 2 N–H and O–H groups in total. The zero-order chi connectivity index (χ0) is 11.0. The van der Waals surface area contributed by atoms with Gasteiger partial charge in [-0.25, -0.2) is 4.39 Å². The Bertz CT molecular complexity index is 521. The van der Waals surface area contributed by atoms with Crippen molar-refractivity contribution in [3.8, 4) is 11.3 Å². The van der Waals surface area contributed by atoms with Gasteiger partial charge in [0.1, 0.15) is 18.1 Å². The summed E-state index contributed by atoms with van der Waals surface area (Å²) < 4.78 is 18.9. The van der Waals surface area contributed by atoms with Gasteiger partial charge in [-0.05, 0) is 12.1 Å². The van der Waals surface area contributed by atoms with E-state index in [9.17, 15) is 4.39 Å². The first kappa shape index (κ1) is 9.54. The molecule has 0 saturated carbocycles. The first-order valence-corrected chi connectivity index (χ1v) is 5.40. The molecule has 0 aliphatic carbocycles. The van der Waals surface area contributed by atoms with Crippen molar-refractivity contribution in [1.29, 1.82) is 0 Å². The van der Waals surface area contributed by atoms with Crippen LogP contribution in [-0.4, -0.2) is 11.7 Å². The number of benzene rings is 1. The van der Waals surface area contributed by atoms with Gasteiger partial charge < -0.3 is 9.84 Å². The van der Waals surface area contributed by atoms with Crippen LogP contribution in [0.4, 0.5) is 4.39 Å². The van der Waals surface area contributed by atoms with E-state index in [1.165, 1.54) is 6.07 Å². The Balaban J connectivity index is 2.13. The molecule has 2 heterocycles. The Labute approximate surface area is 92.3 Å². The summed E-state index contributed by atoms with van der Waals surface area (Å²) in [5.41, 5.74) is 2.23. The van der Waals surface area contributed by atoms with E-state index in [-0.39, 0.29) is 5.82 Å². The van der Waals surface area contributed by atoms with Crippen LogP contribution >= 0.6 is 0 Å². The fraction of sp³-hybridized carbons (Fsp3) is 0.250. The number of nitrogens with two attached hydrogens (primary N) is 1. The van der Waals surface area contributed by atoms with Crippen LogP contribution in [0.5, 0.6) is 0 Å². The number of halogens is 1. The zero-order valence-electron chi connectivity index (χ0n) is 8.74. The molecule has 0 spiro atoms. The molecule has 1 aliphatic heterocycles. The fourth-order valence-corrected chi connectivity index (χ4v) is 2.09. The lowest BCUT2D eigenvalue weighted by atomic mass is 10.0. The lowest BCUT2D eigenvalue weighted by Crippen LogP contribution is -2.84. The van der Waals surface area contributed by atoms with Crippen LogP contribution < -0.4 is 5.32 Å². The van der Waals surface area contributed by atoms with Crippen molar-refractivity contribution < 1.29 is 14.2 Å². The minimum atomic E-state index is -0.246. The SMILES string of the molecule is Fc1ccccc1-c1noc2c1C[NH2+]CC2. The van der Waals surface area contributed by atoms with E-state index in [0.717, 1.165) is 30.8 Å². The van der Waals surface area contributed by atoms with Crippen LogP contribution in [0.3, 0.4) is 0 Å². The number of fused-ring (bicyclic) bond motifs is 1. The molecule has 3 nitrogen and oxygen atoms in total. The molecule has 3 rings (SSSR count). The first-order chi connectivity index (χ1) is 7.86.